The van der Waals surface area contributed by atoms with Crippen molar-refractivity contribution in [2.45, 2.75) is 4.90 Å². The Morgan fingerprint density at radius 1 is 1.15 bits per heavy atom. The molecule has 1 aliphatic heterocycles. The van der Waals surface area contributed by atoms with Gasteiger partial charge in [0.1, 0.15) is 10.7 Å². The first-order chi connectivity index (χ1) is 12.5. The minimum atomic E-state index is -3.58. The summed E-state index contributed by atoms with van der Waals surface area (Å²) >= 11 is 0. The number of rotatable bonds is 5. The van der Waals surface area contributed by atoms with Gasteiger partial charge in [-0.2, -0.15) is 9.41 Å². The van der Waals surface area contributed by atoms with Crippen molar-refractivity contribution in [1.82, 2.24) is 9.29 Å². The van der Waals surface area contributed by atoms with Crippen LogP contribution < -0.4 is 5.43 Å². The largest absolute Gasteiger partial charge is 0.504 e. The second kappa shape index (κ2) is 7.68. The van der Waals surface area contributed by atoms with Crippen molar-refractivity contribution < 1.29 is 23.4 Å². The van der Waals surface area contributed by atoms with E-state index in [1.807, 2.05) is 0 Å². The van der Waals surface area contributed by atoms with Gasteiger partial charge in [-0.3, -0.25) is 5.43 Å². The van der Waals surface area contributed by atoms with E-state index in [2.05, 4.69) is 15.5 Å². The van der Waals surface area contributed by atoms with Crippen molar-refractivity contribution in [3.8, 4) is 11.5 Å². The number of phenols is 2. The zero-order valence-corrected chi connectivity index (χ0v) is 14.6. The number of nitrogens with one attached hydrogen (secondary N) is 1. The van der Waals surface area contributed by atoms with Crippen LogP contribution in [0.2, 0.25) is 0 Å². The van der Waals surface area contributed by atoms with Crippen LogP contribution in [0.1, 0.15) is 5.56 Å². The monoisotopic (exact) mass is 378 g/mol. The second-order valence-corrected chi connectivity index (χ2v) is 7.45. The highest BCUT2D eigenvalue weighted by Crippen LogP contribution is 2.24. The second-order valence-electron chi connectivity index (χ2n) is 5.51. The zero-order chi connectivity index (χ0) is 18.6. The molecule has 9 nitrogen and oxygen atoms in total. The van der Waals surface area contributed by atoms with Gasteiger partial charge in [-0.25, -0.2) is 13.4 Å². The number of hydrazone groups is 1. The van der Waals surface area contributed by atoms with Gasteiger partial charge in [0.2, 0.25) is 10.0 Å². The van der Waals surface area contributed by atoms with Crippen molar-refractivity contribution in [3.63, 3.8) is 0 Å². The molecular formula is C16H18N4O5S. The molecule has 0 atom stereocenters. The lowest BCUT2D eigenvalue weighted by atomic mass is 10.2. The molecule has 1 aliphatic rings. The van der Waals surface area contributed by atoms with Crippen molar-refractivity contribution in [2.24, 2.45) is 5.10 Å². The summed E-state index contributed by atoms with van der Waals surface area (Å²) in [4.78, 5) is 4.16. The Morgan fingerprint density at radius 2 is 1.92 bits per heavy atom. The van der Waals surface area contributed by atoms with Gasteiger partial charge < -0.3 is 14.9 Å². The fourth-order valence-electron chi connectivity index (χ4n) is 2.33. The molecule has 1 saturated heterocycles. The number of morpholine rings is 1. The third-order valence-corrected chi connectivity index (χ3v) is 5.62. The van der Waals surface area contributed by atoms with E-state index in [9.17, 15) is 18.6 Å². The van der Waals surface area contributed by atoms with Crippen LogP contribution in [0.5, 0.6) is 11.5 Å². The van der Waals surface area contributed by atoms with Crippen molar-refractivity contribution in [1.29, 1.82) is 0 Å². The SMILES string of the molecule is O=S(=O)(c1ccc(N/N=C/c2ccc(O)c(O)c2)nc1)N1CCOCC1. The summed E-state index contributed by atoms with van der Waals surface area (Å²) in [6.45, 7) is 1.42. The van der Waals surface area contributed by atoms with E-state index < -0.39 is 10.0 Å². The Bertz CT molecular complexity index is 893. The van der Waals surface area contributed by atoms with E-state index in [1.165, 1.54) is 41.0 Å². The minimum absolute atomic E-state index is 0.109. The average molecular weight is 378 g/mol. The third-order valence-electron chi connectivity index (χ3n) is 3.74. The molecule has 138 valence electrons. The first-order valence-electron chi connectivity index (χ1n) is 7.82. The van der Waals surface area contributed by atoms with Crippen molar-refractivity contribution in [3.05, 3.63) is 42.1 Å². The molecule has 2 heterocycles. The number of pyridine rings is 1. The molecule has 0 aliphatic carbocycles. The number of benzene rings is 1. The van der Waals surface area contributed by atoms with Crippen LogP contribution in [0, 0.1) is 0 Å². The lowest BCUT2D eigenvalue weighted by molar-refractivity contribution is 0.0730. The van der Waals surface area contributed by atoms with Gasteiger partial charge >= 0.3 is 0 Å². The summed E-state index contributed by atoms with van der Waals surface area (Å²) < 4.78 is 31.5. The summed E-state index contributed by atoms with van der Waals surface area (Å²) in [5.41, 5.74) is 3.24. The van der Waals surface area contributed by atoms with Crippen LogP contribution in [0.3, 0.4) is 0 Å². The normalized spacial score (nSPS) is 16.0. The third kappa shape index (κ3) is 4.10. The first kappa shape index (κ1) is 18.1. The summed E-state index contributed by atoms with van der Waals surface area (Å²) in [5, 5.41) is 22.6. The minimum Gasteiger partial charge on any atom is -0.504 e. The smallest absolute Gasteiger partial charge is 0.244 e. The standard InChI is InChI=1S/C16H18N4O5S/c21-14-3-1-12(9-15(14)22)10-18-19-16-4-2-13(11-17-16)26(23,24)20-5-7-25-8-6-20/h1-4,9-11,21-22H,5-8H2,(H,17,19)/b18-10+. The Balaban J connectivity index is 1.65. The number of hydrogen-bond donors (Lipinski definition) is 3. The number of aromatic hydroxyl groups is 2. The molecule has 1 aromatic heterocycles. The molecule has 0 spiro atoms. The number of sulfonamides is 1. The fraction of sp³-hybridized carbons (Fsp3) is 0.250. The Kier molecular flexibility index (Phi) is 5.35. The highest BCUT2D eigenvalue weighted by Gasteiger charge is 2.26. The molecule has 0 bridgehead atoms. The van der Waals surface area contributed by atoms with E-state index in [0.29, 0.717) is 37.7 Å². The van der Waals surface area contributed by atoms with E-state index >= 15 is 0 Å². The maximum absolute atomic E-state index is 12.5. The summed E-state index contributed by atoms with van der Waals surface area (Å²) in [6, 6.07) is 7.25. The van der Waals surface area contributed by atoms with Crippen LogP contribution in [0.15, 0.2) is 46.5 Å². The van der Waals surface area contributed by atoms with Gasteiger partial charge in [-0.05, 0) is 35.9 Å². The van der Waals surface area contributed by atoms with Crippen LogP contribution in [0.4, 0.5) is 5.82 Å². The zero-order valence-electron chi connectivity index (χ0n) is 13.7. The number of aromatic nitrogens is 1. The number of anilines is 1. The van der Waals surface area contributed by atoms with Crippen LogP contribution in [0.25, 0.3) is 0 Å². The summed E-state index contributed by atoms with van der Waals surface area (Å²) in [7, 11) is -3.58. The molecule has 1 aromatic carbocycles. The van der Waals surface area contributed by atoms with Crippen LogP contribution >= 0.6 is 0 Å². The van der Waals surface area contributed by atoms with Crippen molar-refractivity contribution >= 4 is 22.1 Å². The van der Waals surface area contributed by atoms with Gasteiger partial charge in [0.05, 0.1) is 19.4 Å². The molecular weight excluding hydrogens is 360 g/mol. The van der Waals surface area contributed by atoms with Gasteiger partial charge in [-0.15, -0.1) is 0 Å². The molecule has 26 heavy (non-hydrogen) atoms. The molecule has 2 aromatic rings. The quantitative estimate of drug-likeness (QED) is 0.402. The summed E-state index contributed by atoms with van der Waals surface area (Å²) in [5.74, 6) is -0.0937. The van der Waals surface area contributed by atoms with E-state index in [4.69, 9.17) is 4.74 Å². The highest BCUT2D eigenvalue weighted by atomic mass is 32.2. The number of hydrogen-bond acceptors (Lipinski definition) is 8. The molecule has 0 amide bonds. The average Bonchev–Trinajstić information content (AvgIpc) is 2.66. The van der Waals surface area contributed by atoms with E-state index in [1.54, 1.807) is 6.07 Å². The van der Waals surface area contributed by atoms with Gasteiger partial charge in [0.25, 0.3) is 0 Å². The molecule has 10 heteroatoms. The molecule has 0 saturated carbocycles. The van der Waals surface area contributed by atoms with Gasteiger partial charge in [0, 0.05) is 19.3 Å². The molecule has 3 rings (SSSR count). The number of nitrogens with zero attached hydrogens (tertiary/aromatic N) is 3. The molecule has 0 unspecified atom stereocenters. The topological polar surface area (TPSA) is 124 Å². The lowest BCUT2D eigenvalue weighted by Gasteiger charge is -2.25. The van der Waals surface area contributed by atoms with Gasteiger partial charge in [0.15, 0.2) is 11.5 Å². The van der Waals surface area contributed by atoms with Crippen molar-refractivity contribution in [2.75, 3.05) is 31.7 Å². The maximum Gasteiger partial charge on any atom is 0.244 e. The lowest BCUT2D eigenvalue weighted by Crippen LogP contribution is -2.40. The Labute approximate surface area is 150 Å². The van der Waals surface area contributed by atoms with Crippen LogP contribution in [-0.2, 0) is 14.8 Å². The highest BCUT2D eigenvalue weighted by molar-refractivity contribution is 7.89. The van der Waals surface area contributed by atoms with Crippen LogP contribution in [-0.4, -0.2) is 60.4 Å². The first-order valence-corrected chi connectivity index (χ1v) is 9.26. The predicted octanol–water partition coefficient (Wildman–Crippen LogP) is 0.960. The predicted molar refractivity (Wildman–Crippen MR) is 94.8 cm³/mol. The molecule has 1 fully saturated rings. The molecule has 3 N–H and O–H groups in total. The maximum atomic E-state index is 12.5. The Morgan fingerprint density at radius 3 is 2.58 bits per heavy atom. The Hall–Kier alpha value is -2.69. The number of phenolic OH excluding ortho intramolecular Hbond substituents is 2. The van der Waals surface area contributed by atoms with Gasteiger partial charge in [-0.1, -0.05) is 0 Å². The molecule has 0 radical (unpaired) electrons. The number of ether oxygens (including phenoxy) is 1. The van der Waals surface area contributed by atoms with E-state index in [0.717, 1.165) is 0 Å². The fourth-order valence-corrected chi connectivity index (χ4v) is 3.68. The summed E-state index contributed by atoms with van der Waals surface area (Å²) in [6.07, 6.45) is 2.70. The van der Waals surface area contributed by atoms with E-state index in [-0.39, 0.29) is 16.4 Å².